The number of benzene rings is 2. The number of hydrazone groups is 1. The molecule has 1 aliphatic heterocycles. The Morgan fingerprint density at radius 1 is 1.29 bits per heavy atom. The molecule has 122 valence electrons. The summed E-state index contributed by atoms with van der Waals surface area (Å²) in [6, 6.07) is 14.9. The minimum absolute atomic E-state index is 0.0726. The van der Waals surface area contributed by atoms with Crippen molar-refractivity contribution >= 4 is 23.7 Å². The number of carbonyl (C=O) groups is 2. The lowest BCUT2D eigenvalue weighted by atomic mass is 10.2. The predicted molar refractivity (Wildman–Crippen MR) is 91.2 cm³/mol. The van der Waals surface area contributed by atoms with E-state index in [2.05, 4.69) is 10.5 Å². The minimum atomic E-state index is -0.371. The molecule has 0 fully saturated rings. The van der Waals surface area contributed by atoms with Gasteiger partial charge in [-0.1, -0.05) is 42.0 Å². The number of nitrogens with zero attached hydrogens (tertiary/aromatic N) is 2. The Kier molecular flexibility index (Phi) is 4.56. The number of anilines is 1. The number of fused-ring (bicyclic) bond motifs is 1. The number of aryl methyl sites for hydroxylation is 1. The second-order valence-electron chi connectivity index (χ2n) is 5.44. The van der Waals surface area contributed by atoms with Crippen LogP contribution in [0.2, 0.25) is 0 Å². The molecule has 0 radical (unpaired) electrons. The van der Waals surface area contributed by atoms with Crippen molar-refractivity contribution in [1.82, 2.24) is 5.43 Å². The van der Waals surface area contributed by atoms with E-state index in [4.69, 9.17) is 4.74 Å². The third-order valence-corrected chi connectivity index (χ3v) is 3.55. The summed E-state index contributed by atoms with van der Waals surface area (Å²) in [6.45, 7) is 1.80. The van der Waals surface area contributed by atoms with Crippen LogP contribution in [0.3, 0.4) is 0 Å². The Bertz CT molecular complexity index is 802. The zero-order valence-corrected chi connectivity index (χ0v) is 13.2. The molecule has 1 N–H and O–H groups in total. The summed E-state index contributed by atoms with van der Waals surface area (Å²) < 4.78 is 5.35. The van der Waals surface area contributed by atoms with E-state index in [9.17, 15) is 9.59 Å². The summed E-state index contributed by atoms with van der Waals surface area (Å²) >= 11 is 0. The molecule has 6 heteroatoms. The fraction of sp³-hybridized carbons (Fsp3) is 0.167. The van der Waals surface area contributed by atoms with Gasteiger partial charge in [0.25, 0.3) is 11.8 Å². The summed E-state index contributed by atoms with van der Waals surface area (Å²) in [7, 11) is 0. The van der Waals surface area contributed by atoms with Gasteiger partial charge in [0.1, 0.15) is 12.3 Å². The Balaban J connectivity index is 1.64. The van der Waals surface area contributed by atoms with Crippen LogP contribution in [0.5, 0.6) is 5.75 Å². The van der Waals surface area contributed by atoms with E-state index in [-0.39, 0.29) is 25.0 Å². The monoisotopic (exact) mass is 323 g/mol. The van der Waals surface area contributed by atoms with Crippen LogP contribution in [0.15, 0.2) is 53.6 Å². The van der Waals surface area contributed by atoms with Gasteiger partial charge in [0, 0.05) is 0 Å². The third kappa shape index (κ3) is 3.60. The molecule has 0 unspecified atom stereocenters. The SMILES string of the molecule is Cc1cccc(/C=N\NC(=O)CN2C(=O)COc3ccccc32)c1. The van der Waals surface area contributed by atoms with Crippen LogP contribution in [0.25, 0.3) is 0 Å². The molecule has 0 atom stereocenters. The first-order chi connectivity index (χ1) is 11.6. The maximum atomic E-state index is 12.1. The average molecular weight is 323 g/mol. The van der Waals surface area contributed by atoms with Gasteiger partial charge < -0.3 is 4.74 Å². The second-order valence-corrected chi connectivity index (χ2v) is 5.44. The molecule has 24 heavy (non-hydrogen) atoms. The van der Waals surface area contributed by atoms with E-state index in [0.717, 1.165) is 11.1 Å². The second kappa shape index (κ2) is 6.95. The lowest BCUT2D eigenvalue weighted by Crippen LogP contribution is -2.44. The molecule has 2 aromatic rings. The summed E-state index contributed by atoms with van der Waals surface area (Å²) in [4.78, 5) is 25.5. The van der Waals surface area contributed by atoms with Crippen LogP contribution in [0.1, 0.15) is 11.1 Å². The Labute approximate surface area is 139 Å². The molecule has 0 aliphatic carbocycles. The zero-order valence-electron chi connectivity index (χ0n) is 13.2. The van der Waals surface area contributed by atoms with Gasteiger partial charge in [0.05, 0.1) is 11.9 Å². The first kappa shape index (κ1) is 15.7. The molecule has 2 aromatic carbocycles. The largest absolute Gasteiger partial charge is 0.482 e. The first-order valence-corrected chi connectivity index (χ1v) is 7.54. The Morgan fingerprint density at radius 3 is 2.96 bits per heavy atom. The molecule has 1 heterocycles. The maximum Gasteiger partial charge on any atom is 0.265 e. The molecule has 1 aliphatic rings. The first-order valence-electron chi connectivity index (χ1n) is 7.54. The van der Waals surface area contributed by atoms with Gasteiger partial charge in [-0.2, -0.15) is 5.10 Å². The molecule has 2 amide bonds. The van der Waals surface area contributed by atoms with Gasteiger partial charge >= 0.3 is 0 Å². The average Bonchev–Trinajstić information content (AvgIpc) is 2.58. The number of carbonyl (C=O) groups excluding carboxylic acids is 2. The molecule has 0 saturated heterocycles. The van der Waals surface area contributed by atoms with Crippen molar-refractivity contribution in [1.29, 1.82) is 0 Å². The lowest BCUT2D eigenvalue weighted by Gasteiger charge is -2.28. The quantitative estimate of drug-likeness (QED) is 0.690. The molecular weight excluding hydrogens is 306 g/mol. The normalized spacial score (nSPS) is 13.5. The van der Waals surface area contributed by atoms with E-state index in [1.807, 2.05) is 37.3 Å². The molecule has 0 bridgehead atoms. The highest BCUT2D eigenvalue weighted by Crippen LogP contribution is 2.31. The van der Waals surface area contributed by atoms with Crippen LogP contribution in [0.4, 0.5) is 5.69 Å². The fourth-order valence-electron chi connectivity index (χ4n) is 2.44. The van der Waals surface area contributed by atoms with E-state index >= 15 is 0 Å². The van der Waals surface area contributed by atoms with E-state index in [1.165, 1.54) is 4.90 Å². The highest BCUT2D eigenvalue weighted by atomic mass is 16.5. The summed E-state index contributed by atoms with van der Waals surface area (Å²) in [5.74, 6) is -0.0383. The van der Waals surface area contributed by atoms with E-state index in [1.54, 1.807) is 24.4 Å². The molecule has 0 aromatic heterocycles. The van der Waals surface area contributed by atoms with Crippen LogP contribution >= 0.6 is 0 Å². The number of amides is 2. The van der Waals surface area contributed by atoms with Crippen molar-refractivity contribution in [2.75, 3.05) is 18.1 Å². The highest BCUT2D eigenvalue weighted by Gasteiger charge is 2.26. The van der Waals surface area contributed by atoms with Crippen molar-refractivity contribution < 1.29 is 14.3 Å². The fourth-order valence-corrected chi connectivity index (χ4v) is 2.44. The summed E-state index contributed by atoms with van der Waals surface area (Å²) in [5, 5.41) is 3.94. The molecule has 0 saturated carbocycles. The predicted octanol–water partition coefficient (Wildman–Crippen LogP) is 1.87. The molecular formula is C18H17N3O3. The Hall–Kier alpha value is -3.15. The van der Waals surface area contributed by atoms with Crippen molar-refractivity contribution in [3.05, 3.63) is 59.7 Å². The molecule has 3 rings (SSSR count). The van der Waals surface area contributed by atoms with Crippen LogP contribution in [-0.4, -0.2) is 31.2 Å². The number of hydrogen-bond donors (Lipinski definition) is 1. The lowest BCUT2D eigenvalue weighted by molar-refractivity contribution is -0.125. The van der Waals surface area contributed by atoms with Crippen molar-refractivity contribution in [3.8, 4) is 5.75 Å². The van der Waals surface area contributed by atoms with Crippen molar-refractivity contribution in [2.45, 2.75) is 6.92 Å². The highest BCUT2D eigenvalue weighted by molar-refractivity contribution is 6.02. The van der Waals surface area contributed by atoms with Crippen molar-refractivity contribution in [2.24, 2.45) is 5.10 Å². The van der Waals surface area contributed by atoms with E-state index < -0.39 is 0 Å². The standard InChI is InChI=1S/C18H17N3O3/c1-13-5-4-6-14(9-13)10-19-20-17(22)11-21-15-7-2-3-8-16(15)24-12-18(21)23/h2-10H,11-12H2,1H3,(H,20,22)/b19-10-. The van der Waals surface area contributed by atoms with Gasteiger partial charge in [0.15, 0.2) is 6.61 Å². The van der Waals surface area contributed by atoms with Crippen molar-refractivity contribution in [3.63, 3.8) is 0 Å². The summed E-state index contributed by atoms with van der Waals surface area (Å²) in [6.07, 6.45) is 1.57. The Morgan fingerprint density at radius 2 is 2.12 bits per heavy atom. The van der Waals surface area contributed by atoms with E-state index in [0.29, 0.717) is 11.4 Å². The zero-order chi connectivity index (χ0) is 16.9. The minimum Gasteiger partial charge on any atom is -0.482 e. The van der Waals surface area contributed by atoms with Crippen LogP contribution in [-0.2, 0) is 9.59 Å². The molecule has 6 nitrogen and oxygen atoms in total. The summed E-state index contributed by atoms with van der Waals surface area (Å²) in [5.41, 5.74) is 5.04. The number of ether oxygens (including phenoxy) is 1. The molecule has 0 spiro atoms. The van der Waals surface area contributed by atoms with Gasteiger partial charge in [-0.3, -0.25) is 14.5 Å². The van der Waals surface area contributed by atoms with Gasteiger partial charge in [-0.15, -0.1) is 0 Å². The number of nitrogens with one attached hydrogen (secondary N) is 1. The number of rotatable bonds is 4. The maximum absolute atomic E-state index is 12.1. The smallest absolute Gasteiger partial charge is 0.265 e. The number of hydrogen-bond acceptors (Lipinski definition) is 4. The number of para-hydroxylation sites is 2. The van der Waals surface area contributed by atoms with Crippen LogP contribution in [0, 0.1) is 6.92 Å². The third-order valence-electron chi connectivity index (χ3n) is 3.55. The topological polar surface area (TPSA) is 71.0 Å². The van der Waals surface area contributed by atoms with Gasteiger partial charge in [0.2, 0.25) is 0 Å². The van der Waals surface area contributed by atoms with Gasteiger partial charge in [-0.25, -0.2) is 5.43 Å². The van der Waals surface area contributed by atoms with Crippen LogP contribution < -0.4 is 15.1 Å². The van der Waals surface area contributed by atoms with Gasteiger partial charge in [-0.05, 0) is 24.6 Å².